The maximum Gasteiger partial charge on any atom is 0.0590 e. The molecule has 12 heavy (non-hydrogen) atoms. The Kier molecular flexibility index (Phi) is 10.8. The molecule has 0 aliphatic carbocycles. The molecule has 0 fully saturated rings. The van der Waals surface area contributed by atoms with Crippen molar-refractivity contribution in [2.75, 3.05) is 39.5 Å². The van der Waals surface area contributed by atoms with E-state index in [2.05, 4.69) is 12.2 Å². The van der Waals surface area contributed by atoms with Crippen LogP contribution in [0, 0.1) is 0 Å². The van der Waals surface area contributed by atoms with Crippen LogP contribution in [0.2, 0.25) is 0 Å². The Bertz CT molecular complexity index is 68.9. The molecule has 0 unspecified atom stereocenters. The Balaban J connectivity index is 2.73. The van der Waals surface area contributed by atoms with Gasteiger partial charge in [0.25, 0.3) is 0 Å². The molecule has 0 radical (unpaired) electrons. The van der Waals surface area contributed by atoms with Gasteiger partial charge in [-0.3, -0.25) is 0 Å². The van der Waals surface area contributed by atoms with Gasteiger partial charge in [-0.15, -0.1) is 0 Å². The third kappa shape index (κ3) is 9.88. The second kappa shape index (κ2) is 10.9. The van der Waals surface area contributed by atoms with E-state index in [1.165, 1.54) is 0 Å². The largest absolute Gasteiger partial charge is 0.380 e. The molecule has 0 aromatic rings. The molecule has 0 rings (SSSR count). The van der Waals surface area contributed by atoms with Gasteiger partial charge in [-0.1, -0.05) is 6.92 Å². The van der Waals surface area contributed by atoms with Crippen LogP contribution in [0.1, 0.15) is 20.3 Å². The molecule has 3 nitrogen and oxygen atoms in total. The minimum absolute atomic E-state index is 0.796. The summed E-state index contributed by atoms with van der Waals surface area (Å²) in [6, 6.07) is 0. The molecule has 1 N–H and O–H groups in total. The highest BCUT2D eigenvalue weighted by molar-refractivity contribution is 4.44. The summed E-state index contributed by atoms with van der Waals surface area (Å²) in [6.07, 6.45) is 1.10. The highest BCUT2D eigenvalue weighted by Gasteiger charge is 1.87. The summed E-state index contributed by atoms with van der Waals surface area (Å²) in [5.41, 5.74) is 0. The SMILES string of the molecule is CCCOCCNCCOCC. The van der Waals surface area contributed by atoms with Gasteiger partial charge in [-0.25, -0.2) is 0 Å². The first-order valence-corrected chi connectivity index (χ1v) is 4.78. The van der Waals surface area contributed by atoms with Crippen molar-refractivity contribution in [2.24, 2.45) is 0 Å². The van der Waals surface area contributed by atoms with Crippen molar-refractivity contribution in [3.05, 3.63) is 0 Å². The molecule has 0 aromatic heterocycles. The van der Waals surface area contributed by atoms with Gasteiger partial charge in [0.05, 0.1) is 13.2 Å². The van der Waals surface area contributed by atoms with Crippen molar-refractivity contribution in [1.82, 2.24) is 5.32 Å². The van der Waals surface area contributed by atoms with E-state index in [0.717, 1.165) is 45.9 Å². The standard InChI is InChI=1S/C9H21NO2/c1-3-7-12-9-6-10-5-8-11-4-2/h10H,3-9H2,1-2H3. The van der Waals surface area contributed by atoms with E-state index < -0.39 is 0 Å². The Morgan fingerprint density at radius 2 is 1.58 bits per heavy atom. The number of nitrogens with one attached hydrogen (secondary N) is 1. The molecule has 0 saturated carbocycles. The van der Waals surface area contributed by atoms with Crippen molar-refractivity contribution >= 4 is 0 Å². The fourth-order valence-electron chi connectivity index (χ4n) is 0.804. The maximum absolute atomic E-state index is 5.29. The average molecular weight is 175 g/mol. The second-order valence-corrected chi connectivity index (χ2v) is 2.56. The highest BCUT2D eigenvalue weighted by atomic mass is 16.5. The predicted octanol–water partition coefficient (Wildman–Crippen LogP) is 1.04. The van der Waals surface area contributed by atoms with Crippen LogP contribution in [-0.4, -0.2) is 39.5 Å². The lowest BCUT2D eigenvalue weighted by molar-refractivity contribution is 0.126. The van der Waals surface area contributed by atoms with Crippen LogP contribution in [-0.2, 0) is 9.47 Å². The zero-order valence-corrected chi connectivity index (χ0v) is 8.27. The molecule has 0 heterocycles. The van der Waals surface area contributed by atoms with Crippen LogP contribution in [0.15, 0.2) is 0 Å². The van der Waals surface area contributed by atoms with Crippen LogP contribution in [0.25, 0.3) is 0 Å². The van der Waals surface area contributed by atoms with Gasteiger partial charge in [0, 0.05) is 26.3 Å². The summed E-state index contributed by atoms with van der Waals surface area (Å²) in [6.45, 7) is 9.23. The molecule has 0 saturated heterocycles. The molecule has 0 bridgehead atoms. The first kappa shape index (κ1) is 11.9. The topological polar surface area (TPSA) is 30.5 Å². The zero-order chi connectivity index (χ0) is 9.07. The van der Waals surface area contributed by atoms with Crippen molar-refractivity contribution in [3.63, 3.8) is 0 Å². The van der Waals surface area contributed by atoms with Crippen LogP contribution >= 0.6 is 0 Å². The fraction of sp³-hybridized carbons (Fsp3) is 1.00. The first-order valence-electron chi connectivity index (χ1n) is 4.78. The summed E-state index contributed by atoms with van der Waals surface area (Å²) in [5, 5.41) is 3.23. The highest BCUT2D eigenvalue weighted by Crippen LogP contribution is 1.78. The van der Waals surface area contributed by atoms with E-state index in [0.29, 0.717) is 0 Å². The van der Waals surface area contributed by atoms with Crippen molar-refractivity contribution < 1.29 is 9.47 Å². The minimum atomic E-state index is 0.796. The zero-order valence-electron chi connectivity index (χ0n) is 8.27. The van der Waals surface area contributed by atoms with Gasteiger partial charge in [-0.05, 0) is 13.3 Å². The van der Waals surface area contributed by atoms with Crippen molar-refractivity contribution in [1.29, 1.82) is 0 Å². The van der Waals surface area contributed by atoms with E-state index in [1.54, 1.807) is 0 Å². The van der Waals surface area contributed by atoms with Crippen LogP contribution in [0.4, 0.5) is 0 Å². The van der Waals surface area contributed by atoms with Crippen LogP contribution in [0.3, 0.4) is 0 Å². The monoisotopic (exact) mass is 175 g/mol. The third-order valence-corrected chi connectivity index (χ3v) is 1.40. The third-order valence-electron chi connectivity index (χ3n) is 1.40. The van der Waals surface area contributed by atoms with Gasteiger partial charge in [0.1, 0.15) is 0 Å². The molecule has 0 amide bonds. The lowest BCUT2D eigenvalue weighted by Gasteiger charge is -2.04. The molecule has 74 valence electrons. The van der Waals surface area contributed by atoms with Gasteiger partial charge < -0.3 is 14.8 Å². The Morgan fingerprint density at radius 1 is 0.917 bits per heavy atom. The van der Waals surface area contributed by atoms with E-state index in [9.17, 15) is 0 Å². The number of hydrogen-bond donors (Lipinski definition) is 1. The van der Waals surface area contributed by atoms with Gasteiger partial charge in [0.15, 0.2) is 0 Å². The summed E-state index contributed by atoms with van der Waals surface area (Å²) < 4.78 is 10.4. The minimum Gasteiger partial charge on any atom is -0.380 e. The quantitative estimate of drug-likeness (QED) is 0.531. The van der Waals surface area contributed by atoms with Gasteiger partial charge >= 0.3 is 0 Å². The normalized spacial score (nSPS) is 10.5. The predicted molar refractivity (Wildman–Crippen MR) is 50.5 cm³/mol. The Hall–Kier alpha value is -0.120. The number of hydrogen-bond acceptors (Lipinski definition) is 3. The van der Waals surface area contributed by atoms with E-state index in [4.69, 9.17) is 9.47 Å². The molecule has 0 spiro atoms. The second-order valence-electron chi connectivity index (χ2n) is 2.56. The number of ether oxygens (including phenoxy) is 2. The van der Waals surface area contributed by atoms with E-state index >= 15 is 0 Å². The van der Waals surface area contributed by atoms with E-state index in [1.807, 2.05) is 6.92 Å². The average Bonchev–Trinajstić information content (AvgIpc) is 2.10. The lowest BCUT2D eigenvalue weighted by atomic mass is 10.5. The van der Waals surface area contributed by atoms with E-state index in [-0.39, 0.29) is 0 Å². The molecule has 3 heteroatoms. The molecule has 0 atom stereocenters. The fourth-order valence-corrected chi connectivity index (χ4v) is 0.804. The summed E-state index contributed by atoms with van der Waals surface area (Å²) >= 11 is 0. The lowest BCUT2D eigenvalue weighted by Crippen LogP contribution is -2.24. The van der Waals surface area contributed by atoms with Crippen molar-refractivity contribution in [3.8, 4) is 0 Å². The Morgan fingerprint density at radius 3 is 2.17 bits per heavy atom. The summed E-state index contributed by atoms with van der Waals surface area (Å²) in [7, 11) is 0. The molecular weight excluding hydrogens is 154 g/mol. The van der Waals surface area contributed by atoms with Gasteiger partial charge in [0.2, 0.25) is 0 Å². The maximum atomic E-state index is 5.29. The molecule has 0 aliphatic heterocycles. The summed E-state index contributed by atoms with van der Waals surface area (Å²) in [5.74, 6) is 0. The first-order chi connectivity index (χ1) is 5.91. The van der Waals surface area contributed by atoms with Crippen LogP contribution in [0.5, 0.6) is 0 Å². The molecular formula is C9H21NO2. The van der Waals surface area contributed by atoms with Crippen LogP contribution < -0.4 is 5.32 Å². The van der Waals surface area contributed by atoms with Gasteiger partial charge in [-0.2, -0.15) is 0 Å². The summed E-state index contributed by atoms with van der Waals surface area (Å²) in [4.78, 5) is 0. The smallest absolute Gasteiger partial charge is 0.0590 e. The Labute approximate surface area is 75.4 Å². The number of rotatable bonds is 9. The molecule has 0 aliphatic rings. The molecule has 0 aromatic carbocycles. The van der Waals surface area contributed by atoms with Crippen molar-refractivity contribution in [2.45, 2.75) is 20.3 Å².